The van der Waals surface area contributed by atoms with Gasteiger partial charge < -0.3 is 14.4 Å². The van der Waals surface area contributed by atoms with Gasteiger partial charge in [-0.05, 0) is 42.2 Å². The third kappa shape index (κ3) is 6.94. The van der Waals surface area contributed by atoms with Crippen LogP contribution in [-0.4, -0.2) is 70.3 Å². The molecule has 4 aromatic rings. The molecule has 0 spiro atoms. The van der Waals surface area contributed by atoms with Gasteiger partial charge in [0.2, 0.25) is 5.82 Å². The predicted octanol–water partition coefficient (Wildman–Crippen LogP) is 3.52. The number of rotatable bonds is 13. The molecule has 2 heterocycles. The fourth-order valence-electron chi connectivity index (χ4n) is 4.33. The van der Waals surface area contributed by atoms with Crippen molar-refractivity contribution in [2.45, 2.75) is 52.2 Å². The average Bonchev–Trinajstić information content (AvgIpc) is 3.58. The lowest BCUT2D eigenvalue weighted by atomic mass is 9.98. The Balaban J connectivity index is 1.62. The van der Waals surface area contributed by atoms with Crippen molar-refractivity contribution in [1.82, 2.24) is 35.6 Å². The van der Waals surface area contributed by atoms with Crippen molar-refractivity contribution in [2.75, 3.05) is 13.2 Å². The Morgan fingerprint density at radius 2 is 1.80 bits per heavy atom. The molecule has 13 nitrogen and oxygen atoms in total. The first kappa shape index (κ1) is 29.0. The molecule has 2 aromatic heterocycles. The van der Waals surface area contributed by atoms with Gasteiger partial charge in [0.1, 0.15) is 17.1 Å². The number of H-pyrrole nitrogens is 1. The summed E-state index contributed by atoms with van der Waals surface area (Å²) in [7, 11) is 0. The molecule has 0 unspecified atom stereocenters. The van der Waals surface area contributed by atoms with Gasteiger partial charge in [0, 0.05) is 24.9 Å². The second kappa shape index (κ2) is 12.9. The molecule has 0 fully saturated rings. The minimum atomic E-state index is -1.39. The number of aromatic amines is 1. The molecule has 0 aliphatic heterocycles. The van der Waals surface area contributed by atoms with Crippen molar-refractivity contribution in [3.8, 4) is 22.5 Å². The van der Waals surface area contributed by atoms with Crippen LogP contribution in [0.1, 0.15) is 61.2 Å². The second-order valence-electron chi connectivity index (χ2n) is 9.67. The first-order chi connectivity index (χ1) is 19.2. The van der Waals surface area contributed by atoms with Crippen LogP contribution in [0.4, 0.5) is 0 Å². The number of esters is 1. The Morgan fingerprint density at radius 1 is 1.07 bits per heavy atom. The maximum absolute atomic E-state index is 13.3. The molecule has 0 atom stereocenters. The first-order valence-electron chi connectivity index (χ1n) is 12.9. The summed E-state index contributed by atoms with van der Waals surface area (Å²) in [6.07, 6.45) is 1.62. The first-order valence-corrected chi connectivity index (χ1v) is 12.9. The normalized spacial score (nSPS) is 11.8. The van der Waals surface area contributed by atoms with Gasteiger partial charge in [0.15, 0.2) is 5.69 Å². The van der Waals surface area contributed by atoms with Crippen LogP contribution in [0.3, 0.4) is 0 Å². The van der Waals surface area contributed by atoms with Crippen LogP contribution in [0, 0.1) is 0 Å². The Labute approximate surface area is 230 Å². The number of hydrogen-bond donors (Lipinski definition) is 4. The molecule has 13 heteroatoms. The van der Waals surface area contributed by atoms with Crippen LogP contribution in [0.2, 0.25) is 0 Å². The highest BCUT2D eigenvalue weighted by atomic mass is 17.1. The topological polar surface area (TPSA) is 172 Å². The van der Waals surface area contributed by atoms with Crippen molar-refractivity contribution in [1.29, 1.82) is 0 Å². The van der Waals surface area contributed by atoms with E-state index in [1.54, 1.807) is 18.4 Å². The Kier molecular flexibility index (Phi) is 9.34. The third-order valence-electron chi connectivity index (χ3n) is 6.14. The van der Waals surface area contributed by atoms with Gasteiger partial charge in [-0.15, -0.1) is 10.2 Å². The summed E-state index contributed by atoms with van der Waals surface area (Å²) >= 11 is 0. The van der Waals surface area contributed by atoms with Crippen molar-refractivity contribution >= 4 is 5.97 Å². The predicted molar refractivity (Wildman–Crippen MR) is 142 cm³/mol. The van der Waals surface area contributed by atoms with Crippen LogP contribution in [0.25, 0.3) is 22.5 Å². The van der Waals surface area contributed by atoms with Gasteiger partial charge in [-0.25, -0.2) is 9.78 Å². The molecule has 0 amide bonds. The highest BCUT2D eigenvalue weighted by molar-refractivity contribution is 5.89. The number of imidazole rings is 1. The van der Waals surface area contributed by atoms with Crippen LogP contribution < -0.4 is 0 Å². The van der Waals surface area contributed by atoms with E-state index in [-0.39, 0.29) is 31.0 Å². The summed E-state index contributed by atoms with van der Waals surface area (Å²) in [6.45, 7) is 5.41. The number of nitrogens with zero attached hydrogens (tertiary/aromatic N) is 6. The summed E-state index contributed by atoms with van der Waals surface area (Å²) in [6, 6.07) is 15.7. The van der Waals surface area contributed by atoms with Gasteiger partial charge in [0.05, 0.1) is 18.6 Å². The fraction of sp³-hybridized carbons (Fsp3) is 0.370. The van der Waals surface area contributed by atoms with Crippen LogP contribution in [0.5, 0.6) is 0 Å². The molecule has 0 radical (unpaired) electrons. The lowest BCUT2D eigenvalue weighted by Crippen LogP contribution is -2.24. The Morgan fingerprint density at radius 3 is 2.42 bits per heavy atom. The largest absolute Gasteiger partial charge is 0.461 e. The van der Waals surface area contributed by atoms with E-state index in [0.29, 0.717) is 24.6 Å². The summed E-state index contributed by atoms with van der Waals surface area (Å²) in [5.74, 6) is 0.529. The summed E-state index contributed by atoms with van der Waals surface area (Å²) in [4.78, 5) is 22.4. The second-order valence-corrected chi connectivity index (χ2v) is 9.67. The summed E-state index contributed by atoms with van der Waals surface area (Å²) in [5.41, 5.74) is 2.71. The molecule has 0 bridgehead atoms. The zero-order chi connectivity index (χ0) is 28.7. The smallest absolute Gasteiger partial charge is 0.357 e. The molecule has 0 aliphatic rings. The van der Waals surface area contributed by atoms with E-state index in [2.05, 4.69) is 30.4 Å². The molecular weight excluding hydrogens is 518 g/mol. The molecule has 212 valence electrons. The summed E-state index contributed by atoms with van der Waals surface area (Å²) < 4.78 is 7.24. The minimum Gasteiger partial charge on any atom is -0.461 e. The molecule has 4 N–H and O–H groups in total. The van der Waals surface area contributed by atoms with Crippen molar-refractivity contribution in [2.24, 2.45) is 0 Å². The molecule has 2 aromatic carbocycles. The monoisotopic (exact) mass is 551 g/mol. The van der Waals surface area contributed by atoms with E-state index in [4.69, 9.17) is 15.2 Å². The van der Waals surface area contributed by atoms with Gasteiger partial charge in [-0.3, -0.25) is 15.3 Å². The summed E-state index contributed by atoms with van der Waals surface area (Å²) in [5, 5.41) is 42.1. The number of carbonyl (C=O) groups is 1. The lowest BCUT2D eigenvalue weighted by molar-refractivity contribution is -0.492. The quantitative estimate of drug-likeness (QED) is 0.109. The van der Waals surface area contributed by atoms with E-state index < -0.39 is 17.0 Å². The maximum atomic E-state index is 13.3. The number of carbonyl (C=O) groups excluding carboxylic acids is 1. The lowest BCUT2D eigenvalue weighted by Gasteiger charge is -2.18. The average molecular weight is 552 g/mol. The van der Waals surface area contributed by atoms with E-state index in [1.807, 2.05) is 55.5 Å². The van der Waals surface area contributed by atoms with Gasteiger partial charge in [0.25, 0.3) is 0 Å². The standard InChI is InChI=1S/C27H33N7O6/c1-4-8-22-28-24(27(2,3)36)23(26(35)39-15-7-16-40-34(37)38)33(22)17-18-11-13-19(14-12-18)20-9-5-6-10-21(20)25-29-31-32-30-25/h5-6,9-14,36-38H,4,7-8,15-17H2,1-3H3,(H,29,30,31,32). The molecule has 4 rings (SSSR count). The van der Waals surface area contributed by atoms with Crippen LogP contribution in [0.15, 0.2) is 48.5 Å². The number of nitrogens with one attached hydrogen (secondary N) is 1. The number of hydrogen-bond acceptors (Lipinski definition) is 11. The van der Waals surface area contributed by atoms with Gasteiger partial charge in [-0.1, -0.05) is 55.5 Å². The van der Waals surface area contributed by atoms with Crippen LogP contribution >= 0.6 is 0 Å². The van der Waals surface area contributed by atoms with Crippen molar-refractivity contribution < 1.29 is 29.9 Å². The van der Waals surface area contributed by atoms with Gasteiger partial charge >= 0.3 is 5.97 Å². The molecule has 40 heavy (non-hydrogen) atoms. The van der Waals surface area contributed by atoms with Crippen molar-refractivity contribution in [3.63, 3.8) is 0 Å². The maximum Gasteiger partial charge on any atom is 0.357 e. The molecular formula is C27H33N7O6. The minimum absolute atomic E-state index is 0.0270. The van der Waals surface area contributed by atoms with E-state index >= 15 is 0 Å². The Hall–Kier alpha value is -4.01. The number of tetrazole rings is 1. The number of aryl methyl sites for hydroxylation is 1. The molecule has 0 saturated heterocycles. The number of benzene rings is 2. The zero-order valence-electron chi connectivity index (χ0n) is 22.6. The third-order valence-corrected chi connectivity index (χ3v) is 6.14. The van der Waals surface area contributed by atoms with Crippen molar-refractivity contribution in [3.05, 3.63) is 71.3 Å². The highest BCUT2D eigenvalue weighted by Gasteiger charge is 2.32. The number of ether oxygens (including phenoxy) is 1. The van der Waals surface area contributed by atoms with E-state index in [0.717, 1.165) is 28.7 Å². The molecule has 0 aliphatic carbocycles. The number of aromatic nitrogens is 6. The highest BCUT2D eigenvalue weighted by Crippen LogP contribution is 2.31. The fourth-order valence-corrected chi connectivity index (χ4v) is 4.33. The number of aliphatic hydroxyl groups is 1. The van der Waals surface area contributed by atoms with Crippen LogP contribution in [-0.2, 0) is 28.1 Å². The SMILES string of the molecule is CCCc1nc(C(C)(C)O)c(C(=O)OCCCON(O)O)n1Cc1ccc(-c2ccccc2-c2nn[nH]n2)cc1. The van der Waals surface area contributed by atoms with E-state index in [1.165, 1.54) is 0 Å². The Bertz CT molecular complexity index is 1400. The van der Waals surface area contributed by atoms with Gasteiger partial charge in [-0.2, -0.15) is 5.21 Å². The van der Waals surface area contributed by atoms with E-state index in [9.17, 15) is 9.90 Å². The molecule has 0 saturated carbocycles. The zero-order valence-corrected chi connectivity index (χ0v) is 22.6.